The van der Waals surface area contributed by atoms with Crippen molar-refractivity contribution >= 4 is 11.5 Å². The van der Waals surface area contributed by atoms with Gasteiger partial charge in [-0.3, -0.25) is 0 Å². The van der Waals surface area contributed by atoms with Crippen LogP contribution in [0.5, 0.6) is 0 Å². The molecule has 0 aliphatic carbocycles. The summed E-state index contributed by atoms with van der Waals surface area (Å²) in [7, 11) is 0. The number of nitrogens with one attached hydrogen (secondary N) is 1. The van der Waals surface area contributed by atoms with Crippen molar-refractivity contribution in [3.8, 4) is 0 Å². The molecule has 0 amide bonds. The summed E-state index contributed by atoms with van der Waals surface area (Å²) in [5, 5.41) is 3.65. The fourth-order valence-corrected chi connectivity index (χ4v) is 4.44. The molecule has 3 rings (SSSR count). The lowest BCUT2D eigenvalue weighted by atomic mass is 9.99. The van der Waals surface area contributed by atoms with E-state index >= 15 is 0 Å². The summed E-state index contributed by atoms with van der Waals surface area (Å²) in [6.07, 6.45) is 2.40. The van der Waals surface area contributed by atoms with E-state index < -0.39 is 0 Å². The first-order chi connectivity index (χ1) is 12.8. The van der Waals surface area contributed by atoms with Crippen LogP contribution >= 0.6 is 0 Å². The summed E-state index contributed by atoms with van der Waals surface area (Å²) in [6, 6.07) is 4.79. The van der Waals surface area contributed by atoms with Gasteiger partial charge >= 0.3 is 0 Å². The maximum Gasteiger partial charge on any atom is 0.140 e. The van der Waals surface area contributed by atoms with Gasteiger partial charge in [0.25, 0.3) is 0 Å². The maximum atomic E-state index is 4.89. The van der Waals surface area contributed by atoms with Crippen molar-refractivity contribution in [1.29, 1.82) is 0 Å². The summed E-state index contributed by atoms with van der Waals surface area (Å²) < 4.78 is 0. The van der Waals surface area contributed by atoms with E-state index in [1.165, 1.54) is 46.5 Å². The minimum absolute atomic E-state index is 0.245. The molecule has 2 atom stereocenters. The van der Waals surface area contributed by atoms with Gasteiger partial charge < -0.3 is 10.2 Å². The second-order valence-electron chi connectivity index (χ2n) is 8.18. The molecule has 2 unspecified atom stereocenters. The van der Waals surface area contributed by atoms with Crippen LogP contribution in [0, 0.1) is 27.7 Å². The Morgan fingerprint density at radius 2 is 1.81 bits per heavy atom. The molecule has 1 aliphatic heterocycles. The Balaban J connectivity index is 2.05. The van der Waals surface area contributed by atoms with E-state index in [2.05, 4.69) is 63.9 Å². The quantitative estimate of drug-likeness (QED) is 0.693. The Bertz CT molecular complexity index is 804. The summed E-state index contributed by atoms with van der Waals surface area (Å²) in [5.74, 6) is 2.38. The van der Waals surface area contributed by atoms with Crippen molar-refractivity contribution < 1.29 is 0 Å². The Kier molecular flexibility index (Phi) is 5.85. The molecule has 0 saturated carbocycles. The summed E-state index contributed by atoms with van der Waals surface area (Å²) in [6.45, 7) is 17.4. The second-order valence-corrected chi connectivity index (χ2v) is 8.18. The van der Waals surface area contributed by atoms with Gasteiger partial charge in [0.1, 0.15) is 11.6 Å². The Morgan fingerprint density at radius 3 is 2.44 bits per heavy atom. The van der Waals surface area contributed by atoms with Gasteiger partial charge in [-0.05, 0) is 58.7 Å². The lowest BCUT2D eigenvalue weighted by molar-refractivity contribution is 0.536. The predicted octanol–water partition coefficient (Wildman–Crippen LogP) is 5.42. The number of rotatable bonds is 6. The first-order valence-electron chi connectivity index (χ1n) is 10.3. The predicted molar refractivity (Wildman–Crippen MR) is 114 cm³/mol. The van der Waals surface area contributed by atoms with Crippen LogP contribution in [0.25, 0.3) is 0 Å². The van der Waals surface area contributed by atoms with Gasteiger partial charge in [0.05, 0.1) is 5.69 Å². The van der Waals surface area contributed by atoms with E-state index in [9.17, 15) is 0 Å². The second kappa shape index (κ2) is 7.97. The largest absolute Gasteiger partial charge is 0.325 e. The Hall–Kier alpha value is -1.94. The molecule has 0 radical (unpaired) electrons. The number of aryl methyl sites for hydroxylation is 4. The van der Waals surface area contributed by atoms with Crippen molar-refractivity contribution in [2.24, 2.45) is 0 Å². The van der Waals surface area contributed by atoms with E-state index in [0.29, 0.717) is 5.92 Å². The molecule has 27 heavy (non-hydrogen) atoms. The molecule has 1 aromatic carbocycles. The molecule has 0 saturated heterocycles. The average Bonchev–Trinajstić information content (AvgIpc) is 2.90. The number of unbranched alkanes of at least 4 members (excludes halogenated alkanes) is 1. The zero-order valence-electron chi connectivity index (χ0n) is 18.0. The van der Waals surface area contributed by atoms with Crippen LogP contribution in [0.3, 0.4) is 0 Å². The van der Waals surface area contributed by atoms with E-state index in [-0.39, 0.29) is 6.04 Å². The molecular weight excluding hydrogens is 332 g/mol. The molecule has 0 fully saturated rings. The molecule has 0 bridgehead atoms. The van der Waals surface area contributed by atoms with Gasteiger partial charge in [0, 0.05) is 29.8 Å². The van der Waals surface area contributed by atoms with Crippen molar-refractivity contribution in [2.75, 3.05) is 18.0 Å². The smallest absolute Gasteiger partial charge is 0.140 e. The molecule has 2 heterocycles. The fourth-order valence-electron chi connectivity index (χ4n) is 4.44. The highest BCUT2D eigenvalue weighted by molar-refractivity contribution is 5.73. The molecule has 1 N–H and O–H groups in total. The third-order valence-corrected chi connectivity index (χ3v) is 5.57. The fraction of sp³-hybridized carbons (Fsp3) is 0.565. The molecule has 146 valence electrons. The minimum atomic E-state index is 0.245. The van der Waals surface area contributed by atoms with Gasteiger partial charge in [0.2, 0.25) is 0 Å². The van der Waals surface area contributed by atoms with E-state index in [4.69, 9.17) is 9.97 Å². The number of benzene rings is 1. The number of hydrogen-bond acceptors (Lipinski definition) is 4. The van der Waals surface area contributed by atoms with Gasteiger partial charge in [-0.2, -0.15) is 0 Å². The SMILES string of the molecule is CCCCNC(C)c1nc(C)nc2c1C(C)CN2c1c(C)cc(C)cc1C. The van der Waals surface area contributed by atoms with Gasteiger partial charge in [-0.15, -0.1) is 0 Å². The molecule has 4 heteroatoms. The van der Waals surface area contributed by atoms with Crippen LogP contribution in [0.15, 0.2) is 12.1 Å². The molecule has 2 aromatic rings. The molecule has 1 aromatic heterocycles. The monoisotopic (exact) mass is 366 g/mol. The van der Waals surface area contributed by atoms with Crippen molar-refractivity contribution in [3.63, 3.8) is 0 Å². The van der Waals surface area contributed by atoms with Crippen molar-refractivity contribution in [2.45, 2.75) is 73.3 Å². The zero-order chi connectivity index (χ0) is 19.7. The van der Waals surface area contributed by atoms with Crippen LogP contribution in [0.4, 0.5) is 11.5 Å². The third-order valence-electron chi connectivity index (χ3n) is 5.57. The van der Waals surface area contributed by atoms with Gasteiger partial charge in [0.15, 0.2) is 0 Å². The van der Waals surface area contributed by atoms with Crippen molar-refractivity contribution in [3.05, 3.63) is 45.9 Å². The average molecular weight is 367 g/mol. The highest BCUT2D eigenvalue weighted by atomic mass is 15.2. The number of hydrogen-bond donors (Lipinski definition) is 1. The standard InChI is InChI=1S/C23H34N4/c1-8-9-10-24-18(6)21-20-17(5)13-27(23(20)26-19(7)25-21)22-15(3)11-14(2)12-16(22)4/h11-12,17-18,24H,8-10,13H2,1-7H3. The normalized spacial score (nSPS) is 17.3. The zero-order valence-corrected chi connectivity index (χ0v) is 18.0. The molecule has 0 spiro atoms. The van der Waals surface area contributed by atoms with E-state index in [1.807, 2.05) is 6.92 Å². The summed E-state index contributed by atoms with van der Waals surface area (Å²) in [4.78, 5) is 12.2. The van der Waals surface area contributed by atoms with Crippen LogP contribution in [-0.2, 0) is 0 Å². The van der Waals surface area contributed by atoms with Gasteiger partial charge in [-0.25, -0.2) is 9.97 Å². The third kappa shape index (κ3) is 3.86. The van der Waals surface area contributed by atoms with E-state index in [1.54, 1.807) is 0 Å². The Labute approximate surface area is 164 Å². The maximum absolute atomic E-state index is 4.89. The number of anilines is 2. The Morgan fingerprint density at radius 1 is 1.15 bits per heavy atom. The van der Waals surface area contributed by atoms with Crippen LogP contribution in [0.1, 0.15) is 79.3 Å². The van der Waals surface area contributed by atoms with Gasteiger partial charge in [-0.1, -0.05) is 38.0 Å². The number of aromatic nitrogens is 2. The summed E-state index contributed by atoms with van der Waals surface area (Å²) >= 11 is 0. The van der Waals surface area contributed by atoms with Crippen LogP contribution in [0.2, 0.25) is 0 Å². The van der Waals surface area contributed by atoms with Crippen molar-refractivity contribution in [1.82, 2.24) is 15.3 Å². The van der Waals surface area contributed by atoms with Crippen LogP contribution in [-0.4, -0.2) is 23.1 Å². The lowest BCUT2D eigenvalue weighted by Crippen LogP contribution is -2.23. The first-order valence-corrected chi connectivity index (χ1v) is 10.3. The molecule has 4 nitrogen and oxygen atoms in total. The number of fused-ring (bicyclic) bond motifs is 1. The highest BCUT2D eigenvalue weighted by Crippen LogP contribution is 2.44. The molecule has 1 aliphatic rings. The lowest BCUT2D eigenvalue weighted by Gasteiger charge is -2.24. The minimum Gasteiger partial charge on any atom is -0.325 e. The number of nitrogens with zero attached hydrogens (tertiary/aromatic N) is 3. The topological polar surface area (TPSA) is 41.1 Å². The first kappa shape index (κ1) is 19.8. The van der Waals surface area contributed by atoms with E-state index in [0.717, 1.165) is 24.7 Å². The highest BCUT2D eigenvalue weighted by Gasteiger charge is 2.34. The summed E-state index contributed by atoms with van der Waals surface area (Å²) in [5.41, 5.74) is 7.75. The van der Waals surface area contributed by atoms with Crippen LogP contribution < -0.4 is 10.2 Å². The molecular formula is C23H34N4.